The lowest BCUT2D eigenvalue weighted by atomic mass is 10.0. The second-order valence-corrected chi connectivity index (χ2v) is 8.58. The van der Waals surface area contributed by atoms with Crippen LogP contribution in [0.3, 0.4) is 0 Å². The van der Waals surface area contributed by atoms with Gasteiger partial charge in [-0.05, 0) is 50.0 Å². The molecule has 3 heterocycles. The second-order valence-electron chi connectivity index (χ2n) is 8.58. The molecule has 0 N–H and O–H groups in total. The molecule has 0 aliphatic carbocycles. The molecule has 7 nitrogen and oxygen atoms in total. The summed E-state index contributed by atoms with van der Waals surface area (Å²) in [4.78, 5) is 21.9. The van der Waals surface area contributed by atoms with E-state index in [9.17, 15) is 4.79 Å². The van der Waals surface area contributed by atoms with Crippen LogP contribution in [0.15, 0.2) is 24.3 Å². The van der Waals surface area contributed by atoms with Crippen LogP contribution >= 0.6 is 0 Å². The van der Waals surface area contributed by atoms with Gasteiger partial charge in [-0.2, -0.15) is 5.26 Å². The summed E-state index contributed by atoms with van der Waals surface area (Å²) in [7, 11) is 0. The second kappa shape index (κ2) is 10.3. The molecule has 162 valence electrons. The Morgan fingerprint density at radius 3 is 2.53 bits per heavy atom. The van der Waals surface area contributed by atoms with E-state index in [1.807, 2.05) is 28.0 Å². The summed E-state index contributed by atoms with van der Waals surface area (Å²) >= 11 is 0. The van der Waals surface area contributed by atoms with Crippen LogP contribution in [-0.4, -0.2) is 97.2 Å². The van der Waals surface area contributed by atoms with Crippen LogP contribution < -0.4 is 0 Å². The van der Waals surface area contributed by atoms with Crippen LogP contribution in [0.25, 0.3) is 0 Å². The number of piperidine rings is 1. The molecule has 0 aromatic heterocycles. The number of urea groups is 1. The van der Waals surface area contributed by atoms with Crippen LogP contribution in [0, 0.1) is 11.3 Å². The Morgan fingerprint density at radius 2 is 1.77 bits per heavy atom. The largest absolute Gasteiger partial charge is 0.378 e. The Labute approximate surface area is 179 Å². The summed E-state index contributed by atoms with van der Waals surface area (Å²) in [6.07, 6.45) is 3.40. The minimum absolute atomic E-state index is 0.189. The van der Waals surface area contributed by atoms with Crippen molar-refractivity contribution in [3.05, 3.63) is 35.4 Å². The van der Waals surface area contributed by atoms with Crippen LogP contribution in [0.5, 0.6) is 0 Å². The van der Waals surface area contributed by atoms with E-state index in [1.54, 1.807) is 0 Å². The van der Waals surface area contributed by atoms with E-state index in [0.29, 0.717) is 19.3 Å². The Morgan fingerprint density at radius 1 is 1.00 bits per heavy atom. The smallest absolute Gasteiger partial charge is 0.320 e. The van der Waals surface area contributed by atoms with Gasteiger partial charge in [0.25, 0.3) is 0 Å². The monoisotopic (exact) mass is 411 g/mol. The maximum atomic E-state index is 12.8. The van der Waals surface area contributed by atoms with Crippen molar-refractivity contribution in [3.8, 4) is 6.07 Å². The molecule has 30 heavy (non-hydrogen) atoms. The summed E-state index contributed by atoms with van der Waals surface area (Å²) in [6, 6.07) is 11.0. The molecular weight excluding hydrogens is 378 g/mol. The SMILES string of the molecule is N#Cc1cccc(CN2CCC(N3CCCN(C(=O)N4CCOCC4)CC3)CC2)c1. The first kappa shape index (κ1) is 21.1. The van der Waals surface area contributed by atoms with Gasteiger partial charge in [0.15, 0.2) is 0 Å². The first-order valence-corrected chi connectivity index (χ1v) is 11.3. The highest BCUT2D eigenvalue weighted by molar-refractivity contribution is 5.74. The highest BCUT2D eigenvalue weighted by Gasteiger charge is 2.29. The number of nitriles is 1. The number of ether oxygens (including phenoxy) is 1. The number of benzene rings is 1. The van der Waals surface area contributed by atoms with Crippen molar-refractivity contribution in [2.24, 2.45) is 0 Å². The van der Waals surface area contributed by atoms with Gasteiger partial charge >= 0.3 is 6.03 Å². The summed E-state index contributed by atoms with van der Waals surface area (Å²) in [5, 5.41) is 9.09. The molecule has 1 aromatic carbocycles. The van der Waals surface area contributed by atoms with E-state index in [1.165, 1.54) is 18.4 Å². The van der Waals surface area contributed by atoms with Crippen LogP contribution in [0.2, 0.25) is 0 Å². The van der Waals surface area contributed by atoms with Crippen molar-refractivity contribution in [1.82, 2.24) is 19.6 Å². The fourth-order valence-corrected chi connectivity index (χ4v) is 4.89. The van der Waals surface area contributed by atoms with Gasteiger partial charge in [-0.3, -0.25) is 9.80 Å². The lowest BCUT2D eigenvalue weighted by molar-refractivity contribution is 0.0432. The van der Waals surface area contributed by atoms with Gasteiger partial charge in [0, 0.05) is 51.9 Å². The number of morpholine rings is 1. The highest BCUT2D eigenvalue weighted by atomic mass is 16.5. The lowest BCUT2D eigenvalue weighted by Crippen LogP contribution is -2.49. The number of carbonyl (C=O) groups excluding carboxylic acids is 1. The average molecular weight is 412 g/mol. The Balaban J connectivity index is 1.24. The first-order valence-electron chi connectivity index (χ1n) is 11.3. The fourth-order valence-electron chi connectivity index (χ4n) is 4.89. The normalized spacial score (nSPS) is 22.5. The molecule has 7 heteroatoms. The van der Waals surface area contributed by atoms with Gasteiger partial charge in [-0.1, -0.05) is 12.1 Å². The molecular formula is C23H33N5O2. The molecule has 4 rings (SSSR count). The number of rotatable bonds is 3. The van der Waals surface area contributed by atoms with Crippen molar-refractivity contribution < 1.29 is 9.53 Å². The zero-order chi connectivity index (χ0) is 20.8. The number of amides is 2. The van der Waals surface area contributed by atoms with Gasteiger partial charge < -0.3 is 14.5 Å². The highest BCUT2D eigenvalue weighted by Crippen LogP contribution is 2.21. The quantitative estimate of drug-likeness (QED) is 0.761. The summed E-state index contributed by atoms with van der Waals surface area (Å²) in [5.41, 5.74) is 1.96. The third-order valence-electron chi connectivity index (χ3n) is 6.62. The molecule has 0 bridgehead atoms. The topological polar surface area (TPSA) is 63.1 Å². The molecule has 3 aliphatic heterocycles. The standard InChI is InChI=1S/C23H33N5O2/c24-18-20-3-1-4-21(17-20)19-25-9-5-22(6-10-25)26-7-2-8-27(12-11-26)23(29)28-13-15-30-16-14-28/h1,3-4,17,22H,2,5-16,19H2. The molecule has 0 spiro atoms. The van der Waals surface area contributed by atoms with E-state index in [4.69, 9.17) is 10.00 Å². The molecule has 1 aromatic rings. The maximum Gasteiger partial charge on any atom is 0.320 e. The molecule has 3 fully saturated rings. The van der Waals surface area contributed by atoms with E-state index in [0.717, 1.165) is 70.9 Å². The van der Waals surface area contributed by atoms with Gasteiger partial charge in [-0.15, -0.1) is 0 Å². The summed E-state index contributed by atoms with van der Waals surface area (Å²) < 4.78 is 5.38. The number of likely N-dealkylation sites (tertiary alicyclic amines) is 1. The lowest BCUT2D eigenvalue weighted by Gasteiger charge is -2.38. The van der Waals surface area contributed by atoms with Gasteiger partial charge in [-0.25, -0.2) is 4.79 Å². The first-order chi connectivity index (χ1) is 14.7. The van der Waals surface area contributed by atoms with E-state index >= 15 is 0 Å². The molecule has 3 saturated heterocycles. The van der Waals surface area contributed by atoms with Gasteiger partial charge in [0.1, 0.15) is 0 Å². The number of nitrogens with zero attached hydrogens (tertiary/aromatic N) is 5. The van der Waals surface area contributed by atoms with Crippen LogP contribution in [0.1, 0.15) is 30.4 Å². The summed E-state index contributed by atoms with van der Waals surface area (Å²) in [5.74, 6) is 0. The minimum atomic E-state index is 0.189. The third kappa shape index (κ3) is 5.31. The van der Waals surface area contributed by atoms with Gasteiger partial charge in [0.2, 0.25) is 0 Å². The Hall–Kier alpha value is -2.14. The van der Waals surface area contributed by atoms with E-state index in [2.05, 4.69) is 21.9 Å². The number of hydrogen-bond donors (Lipinski definition) is 0. The van der Waals surface area contributed by atoms with E-state index in [-0.39, 0.29) is 6.03 Å². The molecule has 0 radical (unpaired) electrons. The maximum absolute atomic E-state index is 12.8. The fraction of sp³-hybridized carbons (Fsp3) is 0.652. The minimum Gasteiger partial charge on any atom is -0.378 e. The van der Waals surface area contributed by atoms with Crippen molar-refractivity contribution >= 4 is 6.03 Å². The van der Waals surface area contributed by atoms with Crippen LogP contribution in [0.4, 0.5) is 4.79 Å². The third-order valence-corrected chi connectivity index (χ3v) is 6.62. The van der Waals surface area contributed by atoms with Crippen molar-refractivity contribution in [3.63, 3.8) is 0 Å². The molecule has 0 atom stereocenters. The zero-order valence-corrected chi connectivity index (χ0v) is 17.8. The Kier molecular flexibility index (Phi) is 7.21. The molecule has 3 aliphatic rings. The predicted molar refractivity (Wildman–Crippen MR) is 115 cm³/mol. The molecule has 0 unspecified atom stereocenters. The van der Waals surface area contributed by atoms with Crippen LogP contribution in [-0.2, 0) is 11.3 Å². The van der Waals surface area contributed by atoms with Crippen molar-refractivity contribution in [2.45, 2.75) is 31.8 Å². The van der Waals surface area contributed by atoms with E-state index < -0.39 is 0 Å². The van der Waals surface area contributed by atoms with Crippen molar-refractivity contribution in [2.75, 3.05) is 65.6 Å². The Bertz CT molecular complexity index is 750. The number of hydrogen-bond acceptors (Lipinski definition) is 5. The van der Waals surface area contributed by atoms with Crippen molar-refractivity contribution in [1.29, 1.82) is 5.26 Å². The van der Waals surface area contributed by atoms with Gasteiger partial charge in [0.05, 0.1) is 24.8 Å². The molecule has 2 amide bonds. The molecule has 0 saturated carbocycles. The predicted octanol–water partition coefficient (Wildman–Crippen LogP) is 1.98. The average Bonchev–Trinajstić information content (AvgIpc) is 3.06. The summed E-state index contributed by atoms with van der Waals surface area (Å²) in [6.45, 7) is 9.61. The number of carbonyl (C=O) groups is 1. The zero-order valence-electron chi connectivity index (χ0n) is 17.8.